The average molecular weight is 977 g/mol. The van der Waals surface area contributed by atoms with Gasteiger partial charge in [0.2, 0.25) is 0 Å². The molecule has 2 aromatic carbocycles. The van der Waals surface area contributed by atoms with Gasteiger partial charge >= 0.3 is 16.0 Å². The van der Waals surface area contributed by atoms with Crippen LogP contribution >= 0.6 is 16.0 Å². The SMILES string of the molecule is N#CCCO[PH](=O)O[C@H]1[C@@H](F)[C@H](n2cnc3c(NC(=O)c4ccccc4)ncnc32)O[C@@H]1CNP(=O)(OCCC#N)O[C@H]1[C@@H](F)[C@H](n2cnc3c(NC(=O)c4ccccc4)ncnc32)O[C@@H]1CN. The summed E-state index contributed by atoms with van der Waals surface area (Å²) >= 11 is 0. The lowest BCUT2D eigenvalue weighted by atomic mass is 10.1. The second-order valence-electron chi connectivity index (χ2n) is 14.7. The lowest BCUT2D eigenvalue weighted by molar-refractivity contribution is -0.0213. The number of amides is 2. The highest BCUT2D eigenvalue weighted by molar-refractivity contribution is 7.51. The number of ether oxygens (including phenoxy) is 2. The van der Waals surface area contributed by atoms with Crippen molar-refractivity contribution in [2.75, 3.05) is 36.9 Å². The summed E-state index contributed by atoms with van der Waals surface area (Å²) in [5.74, 6) is -0.971. The topological polar surface area (TPSA) is 321 Å². The zero-order valence-corrected chi connectivity index (χ0v) is 37.2. The van der Waals surface area contributed by atoms with E-state index in [1.807, 2.05) is 12.1 Å². The molecule has 2 aliphatic rings. The van der Waals surface area contributed by atoms with Gasteiger partial charge in [-0.15, -0.1) is 0 Å². The fraction of sp³-hybridized carbons (Fsp3) is 0.350. The van der Waals surface area contributed by atoms with Crippen molar-refractivity contribution in [3.63, 3.8) is 0 Å². The molecule has 68 heavy (non-hydrogen) atoms. The molecule has 6 heterocycles. The molecule has 0 bridgehead atoms. The zero-order chi connectivity index (χ0) is 47.8. The van der Waals surface area contributed by atoms with E-state index in [4.69, 9.17) is 38.6 Å². The van der Waals surface area contributed by atoms with Crippen molar-refractivity contribution >= 4 is 61.8 Å². The van der Waals surface area contributed by atoms with Crippen molar-refractivity contribution in [2.45, 2.75) is 62.1 Å². The van der Waals surface area contributed by atoms with Gasteiger partial charge in [0.15, 0.2) is 58.8 Å². The number of anilines is 2. The first-order valence-corrected chi connectivity index (χ1v) is 23.4. The van der Waals surface area contributed by atoms with Crippen molar-refractivity contribution < 1.29 is 55.1 Å². The maximum absolute atomic E-state index is 16.8. The Bertz CT molecular complexity index is 2910. The van der Waals surface area contributed by atoms with Crippen LogP contribution in [0.1, 0.15) is 46.0 Å². The highest BCUT2D eigenvalue weighted by atomic mass is 31.2. The second kappa shape index (κ2) is 21.6. The summed E-state index contributed by atoms with van der Waals surface area (Å²) in [6, 6.07) is 20.3. The number of hydrogen-bond donors (Lipinski definition) is 4. The van der Waals surface area contributed by atoms with Crippen LogP contribution in [-0.2, 0) is 36.7 Å². The molecule has 0 saturated carbocycles. The van der Waals surface area contributed by atoms with Crippen LogP contribution in [0.5, 0.6) is 0 Å². The zero-order valence-electron chi connectivity index (χ0n) is 35.3. The van der Waals surface area contributed by atoms with E-state index in [1.54, 1.807) is 60.7 Å². The predicted octanol–water partition coefficient (Wildman–Crippen LogP) is 4.32. The third-order valence-corrected chi connectivity index (χ3v) is 13.0. The van der Waals surface area contributed by atoms with Crippen molar-refractivity contribution in [1.82, 2.24) is 44.1 Å². The van der Waals surface area contributed by atoms with Gasteiger partial charge < -0.3 is 34.9 Å². The molecule has 2 aliphatic heterocycles. The van der Waals surface area contributed by atoms with E-state index < -0.39 is 90.2 Å². The van der Waals surface area contributed by atoms with Crippen LogP contribution in [0.3, 0.4) is 0 Å². The van der Waals surface area contributed by atoms with Gasteiger partial charge in [-0.1, -0.05) is 36.4 Å². The van der Waals surface area contributed by atoms with Crippen LogP contribution < -0.4 is 21.5 Å². The molecule has 354 valence electrons. The number of rotatable bonds is 20. The maximum atomic E-state index is 16.8. The molecule has 4 aromatic heterocycles. The van der Waals surface area contributed by atoms with Crippen molar-refractivity contribution in [1.29, 1.82) is 10.5 Å². The number of imidazole rings is 2. The van der Waals surface area contributed by atoms with E-state index in [1.165, 1.54) is 21.8 Å². The molecule has 2 amide bonds. The fourth-order valence-electron chi connectivity index (χ4n) is 7.27. The summed E-state index contributed by atoms with van der Waals surface area (Å²) in [5.41, 5.74) is 6.90. The molecule has 6 aromatic rings. The number of fused-ring (bicyclic) bond motifs is 2. The van der Waals surface area contributed by atoms with Crippen molar-refractivity contribution in [2.24, 2.45) is 5.73 Å². The molecule has 0 radical (unpaired) electrons. The van der Waals surface area contributed by atoms with Crippen molar-refractivity contribution in [3.8, 4) is 12.1 Å². The average Bonchev–Trinajstić information content (AvgIpc) is 4.13. The van der Waals surface area contributed by atoms with E-state index in [0.717, 1.165) is 12.7 Å². The number of aromatic nitrogens is 8. The minimum Gasteiger partial charge on any atom is -0.347 e. The molecule has 2 saturated heterocycles. The van der Waals surface area contributed by atoms with Gasteiger partial charge in [0.25, 0.3) is 11.8 Å². The largest absolute Gasteiger partial charge is 0.406 e. The van der Waals surface area contributed by atoms with Gasteiger partial charge in [-0.2, -0.15) is 10.5 Å². The van der Waals surface area contributed by atoms with E-state index >= 15 is 8.78 Å². The third-order valence-electron chi connectivity index (χ3n) is 10.5. The molecule has 2 unspecified atom stereocenters. The van der Waals surface area contributed by atoms with Crippen LogP contribution in [0.2, 0.25) is 0 Å². The Balaban J connectivity index is 1.02. The Morgan fingerprint density at radius 2 is 1.28 bits per heavy atom. The number of nitrogens with zero attached hydrogens (tertiary/aromatic N) is 10. The van der Waals surface area contributed by atoms with Crippen LogP contribution in [-0.4, -0.2) is 114 Å². The second-order valence-corrected chi connectivity index (χ2v) is 17.6. The smallest absolute Gasteiger partial charge is 0.347 e. The lowest BCUT2D eigenvalue weighted by Gasteiger charge is -2.27. The number of nitriles is 2. The fourth-order valence-corrected chi connectivity index (χ4v) is 9.64. The highest BCUT2D eigenvalue weighted by Gasteiger charge is 2.52. The van der Waals surface area contributed by atoms with Gasteiger partial charge in [-0.25, -0.2) is 48.3 Å². The first-order chi connectivity index (χ1) is 33.0. The normalized spacial score (nSPS) is 23.7. The van der Waals surface area contributed by atoms with Gasteiger partial charge in [0, 0.05) is 24.2 Å². The standard InChI is InChI=1S/C40H40F2N14O10P2/c41-27-31(65-67(59)61-15-7-13-43)26(64-39(27)55-21-50-29-33(46-19-48-35(29)55)53-37(57)23-9-3-1-4-10-23)18-52-68(60,62-16-8-14-44)66-32-25(17-45)63-40(28(32)42)56-22-51-30-34(47-20-49-36(30)56)54-38(58)24-11-5-2-6-12-24/h1-6,9-12,19-22,25-28,31-32,39-40,67H,7-8,15-18,45H2,(H,52,60)(H,46,48,53,57)(H,47,49,54,58)/t25-,26-,27-,28-,31-,32-,39-,40-,68?/m1/s1. The molecular formula is C40H40F2N14O10P2. The number of benzene rings is 2. The Morgan fingerprint density at radius 3 is 1.81 bits per heavy atom. The Morgan fingerprint density at radius 1 is 0.765 bits per heavy atom. The number of hydrogen-bond acceptors (Lipinski definition) is 19. The summed E-state index contributed by atoms with van der Waals surface area (Å²) in [7, 11) is -8.25. The molecule has 2 fully saturated rings. The number of carbonyl (C=O) groups is 2. The number of halogens is 2. The summed E-state index contributed by atoms with van der Waals surface area (Å²) in [5, 5.41) is 26.1. The van der Waals surface area contributed by atoms with E-state index in [2.05, 4.69) is 45.6 Å². The minimum atomic E-state index is -4.76. The summed E-state index contributed by atoms with van der Waals surface area (Å²) in [6.45, 7) is -1.77. The van der Waals surface area contributed by atoms with E-state index in [-0.39, 0.29) is 60.0 Å². The van der Waals surface area contributed by atoms with Crippen LogP contribution in [0, 0.1) is 22.7 Å². The first kappa shape index (κ1) is 47.9. The Labute approximate surface area is 384 Å². The van der Waals surface area contributed by atoms with Crippen LogP contribution in [0.25, 0.3) is 22.3 Å². The first-order valence-electron chi connectivity index (χ1n) is 20.6. The quantitative estimate of drug-likeness (QED) is 0.0611. The van der Waals surface area contributed by atoms with Gasteiger partial charge in [-0.3, -0.25) is 32.3 Å². The molecule has 24 nitrogen and oxygen atoms in total. The maximum Gasteiger partial charge on any atom is 0.406 e. The summed E-state index contributed by atoms with van der Waals surface area (Å²) in [4.78, 5) is 51.2. The van der Waals surface area contributed by atoms with Gasteiger partial charge in [0.1, 0.15) is 37.1 Å². The summed E-state index contributed by atoms with van der Waals surface area (Å²) < 4.78 is 97.6. The van der Waals surface area contributed by atoms with E-state index in [9.17, 15) is 24.0 Å². The number of carbonyl (C=O) groups excluding carboxylic acids is 2. The molecular weight excluding hydrogens is 936 g/mol. The molecule has 10 atom stereocenters. The van der Waals surface area contributed by atoms with Gasteiger partial charge in [-0.05, 0) is 24.3 Å². The van der Waals surface area contributed by atoms with Crippen molar-refractivity contribution in [3.05, 3.63) is 97.1 Å². The lowest BCUT2D eigenvalue weighted by Crippen LogP contribution is -2.40. The molecule has 5 N–H and O–H groups in total. The Hall–Kier alpha value is -6.54. The highest BCUT2D eigenvalue weighted by Crippen LogP contribution is 2.50. The monoisotopic (exact) mass is 976 g/mol. The Kier molecular flexibility index (Phi) is 15.2. The molecule has 0 spiro atoms. The number of nitrogens with one attached hydrogen (secondary N) is 3. The minimum absolute atomic E-state index is 0.00256. The van der Waals surface area contributed by atoms with Gasteiger partial charge in [0.05, 0.1) is 50.8 Å². The number of nitrogens with two attached hydrogens (primary N) is 1. The van der Waals surface area contributed by atoms with Crippen LogP contribution in [0.4, 0.5) is 20.4 Å². The molecule has 8 rings (SSSR count). The molecule has 28 heteroatoms. The van der Waals surface area contributed by atoms with Crippen LogP contribution in [0.15, 0.2) is 86.0 Å². The summed E-state index contributed by atoms with van der Waals surface area (Å²) in [6.07, 6.45) is -9.43. The molecule has 0 aliphatic carbocycles. The van der Waals surface area contributed by atoms with E-state index in [0.29, 0.717) is 11.1 Å². The third kappa shape index (κ3) is 10.4. The number of alkyl halides is 2. The predicted molar refractivity (Wildman–Crippen MR) is 233 cm³/mol.